The van der Waals surface area contributed by atoms with Gasteiger partial charge < -0.3 is 47.6 Å². The Hall–Kier alpha value is -4.50. The van der Waals surface area contributed by atoms with Gasteiger partial charge in [0.2, 0.25) is 0 Å². The summed E-state index contributed by atoms with van der Waals surface area (Å²) in [7, 11) is 3.17. The fraction of sp³-hybridized carbons (Fsp3) is 0.130. The molecule has 15 heteroatoms. The van der Waals surface area contributed by atoms with E-state index in [0.717, 1.165) is 25.9 Å². The van der Waals surface area contributed by atoms with Crippen LogP contribution in [0, 0.1) is 0 Å². The molecule has 2 aromatic carbocycles. The van der Waals surface area contributed by atoms with Crippen molar-refractivity contribution in [1.29, 1.82) is 0 Å². The number of carbonyl (C=O) groups excluding carboxylic acids is 8. The molecule has 1 radical (unpaired) electrons. The van der Waals surface area contributed by atoms with Crippen LogP contribution in [0.15, 0.2) is 48.5 Å². The maximum Gasteiger partial charge on any atom is 4.00 e. The van der Waals surface area contributed by atoms with Gasteiger partial charge in [0.1, 0.15) is 6.79 Å². The second kappa shape index (κ2) is 21.8. The number of hydrogen-bond acceptors (Lipinski definition) is 14. The molecule has 2 aromatic rings. The average molecular weight is 567 g/mol. The molecular weight excluding hydrogens is 551 g/mol. The van der Waals surface area contributed by atoms with Crippen LogP contribution in [-0.4, -0.2) is 70.8 Å². The summed E-state index contributed by atoms with van der Waals surface area (Å²) in [6, 6.07) is 13.1. The number of esters is 4. The first-order valence-corrected chi connectivity index (χ1v) is 9.31. The average Bonchev–Trinajstić information content (AvgIpc) is 3.36. The first kappa shape index (κ1) is 35.7. The Labute approximate surface area is 226 Å². The second-order valence-corrected chi connectivity index (χ2v) is 5.68. The predicted molar refractivity (Wildman–Crippen MR) is 116 cm³/mol. The smallest absolute Gasteiger partial charge is 0.783 e. The van der Waals surface area contributed by atoms with Gasteiger partial charge in [-0.15, -0.1) is 25.9 Å². The number of fused-ring (bicyclic) bond motifs is 2. The molecule has 197 valence electrons. The summed E-state index contributed by atoms with van der Waals surface area (Å²) in [4.78, 5) is 78.5. The van der Waals surface area contributed by atoms with Gasteiger partial charge in [0.15, 0.2) is 0 Å². The van der Waals surface area contributed by atoms with Crippen LogP contribution in [-0.2, 0) is 66.2 Å². The van der Waals surface area contributed by atoms with Gasteiger partial charge in [-0.05, 0) is 24.3 Å². The summed E-state index contributed by atoms with van der Waals surface area (Å²) < 4.78 is 24.1. The van der Waals surface area contributed by atoms with E-state index in [2.05, 4.69) is 28.4 Å². The van der Waals surface area contributed by atoms with Crippen molar-refractivity contribution < 1.29 is 85.3 Å². The van der Waals surface area contributed by atoms with Crippen molar-refractivity contribution >= 4 is 49.8 Å². The van der Waals surface area contributed by atoms with Crippen molar-refractivity contribution in [1.82, 2.24) is 0 Å². The Morgan fingerprint density at radius 3 is 0.921 bits per heavy atom. The van der Waals surface area contributed by atoms with Crippen molar-refractivity contribution in [2.45, 2.75) is 0 Å². The molecule has 2 aliphatic rings. The van der Waals surface area contributed by atoms with Gasteiger partial charge in [0.05, 0.1) is 22.3 Å². The molecule has 0 saturated heterocycles. The van der Waals surface area contributed by atoms with Crippen LogP contribution >= 0.6 is 0 Å². The van der Waals surface area contributed by atoms with Gasteiger partial charge in [-0.2, -0.15) is 0 Å². The molecule has 2 aliphatic heterocycles. The third-order valence-corrected chi connectivity index (χ3v) is 3.51. The maximum atomic E-state index is 10.8. The Morgan fingerprint density at radius 1 is 0.553 bits per heavy atom. The summed E-state index contributed by atoms with van der Waals surface area (Å²) in [6.07, 6.45) is 0. The number of ether oxygens (including phenoxy) is 6. The van der Waals surface area contributed by atoms with E-state index in [-0.39, 0.29) is 18.6 Å². The van der Waals surface area contributed by atoms with Crippen LogP contribution in [0.2, 0.25) is 0 Å². The minimum absolute atomic E-state index is 0. The van der Waals surface area contributed by atoms with E-state index >= 15 is 0 Å². The van der Waals surface area contributed by atoms with E-state index in [4.69, 9.17) is 19.2 Å². The number of rotatable bonds is 6. The summed E-state index contributed by atoms with van der Waals surface area (Å²) >= 11 is 0. The summed E-state index contributed by atoms with van der Waals surface area (Å²) in [6.45, 7) is 3.76. The van der Waals surface area contributed by atoms with Crippen molar-refractivity contribution in [3.8, 4) is 0 Å². The Morgan fingerprint density at radius 2 is 0.789 bits per heavy atom. The topological polar surface area (TPSA) is 192 Å². The quantitative estimate of drug-likeness (QED) is 0.154. The van der Waals surface area contributed by atoms with Gasteiger partial charge >= 0.3 is 42.4 Å². The van der Waals surface area contributed by atoms with Gasteiger partial charge in [-0.25, -0.2) is 19.2 Å². The van der Waals surface area contributed by atoms with Crippen LogP contribution < -0.4 is 0 Å². The molecule has 0 fully saturated rings. The number of methoxy groups -OCH3 is 2. The van der Waals surface area contributed by atoms with Crippen LogP contribution in [0.5, 0.6) is 0 Å². The summed E-state index contributed by atoms with van der Waals surface area (Å²) in [5.74, 6) is -2.20. The SMILES string of the molecule is COCOC.O=C1OC(=O)c2ccccc21.O=C1OC(=O)c2ccccc21.O=[C-]O[C-]=O.O=[C-]O[C-]=O.[V+4]. The normalized spacial score (nSPS) is 11.0. The Balaban J connectivity index is 0. The zero-order valence-electron chi connectivity index (χ0n) is 19.5. The molecule has 0 aromatic heterocycles. The molecule has 4 rings (SSSR count). The van der Waals surface area contributed by atoms with Gasteiger partial charge in [-0.3, -0.25) is 0 Å². The molecular formula is C23H16O14V. The molecule has 0 spiro atoms. The van der Waals surface area contributed by atoms with E-state index in [0.29, 0.717) is 29.0 Å². The molecule has 0 atom stereocenters. The number of benzene rings is 2. The van der Waals surface area contributed by atoms with Crippen molar-refractivity contribution in [3.63, 3.8) is 0 Å². The van der Waals surface area contributed by atoms with E-state index in [9.17, 15) is 19.2 Å². The minimum Gasteiger partial charge on any atom is -0.783 e. The molecule has 38 heavy (non-hydrogen) atoms. The first-order chi connectivity index (χ1) is 17.8. The van der Waals surface area contributed by atoms with Crippen LogP contribution in [0.3, 0.4) is 0 Å². The molecule has 0 unspecified atom stereocenters. The third-order valence-electron chi connectivity index (χ3n) is 3.51. The number of cyclic esters (lactones) is 4. The standard InChI is InChI=1S/2C8H4O3.C3H8O2.2C2O3.V/c2*9-7-5-3-1-2-4-6(5)8(10)11-7;1-4-3-5-2;2*3-1-5-2-4;/h2*1-4H;3H2,1-2H3;;;/q;;;2*-2;+4. The van der Waals surface area contributed by atoms with Gasteiger partial charge in [-0.1, -0.05) is 24.3 Å². The fourth-order valence-electron chi connectivity index (χ4n) is 2.22. The summed E-state index contributed by atoms with van der Waals surface area (Å²) in [5.41, 5.74) is 1.44. The van der Waals surface area contributed by atoms with Crippen molar-refractivity contribution in [2.75, 3.05) is 21.0 Å². The first-order valence-electron chi connectivity index (χ1n) is 9.31. The molecule has 2 heterocycles. The van der Waals surface area contributed by atoms with Gasteiger partial charge in [0, 0.05) is 14.2 Å². The van der Waals surface area contributed by atoms with E-state index in [1.54, 1.807) is 62.8 Å². The molecule has 0 bridgehead atoms. The largest absolute Gasteiger partial charge is 4.00 e. The second-order valence-electron chi connectivity index (χ2n) is 5.68. The molecule has 0 saturated carbocycles. The Bertz CT molecular complexity index is 936. The predicted octanol–water partition coefficient (Wildman–Crippen LogP) is 0.503. The van der Waals surface area contributed by atoms with Crippen molar-refractivity contribution in [2.24, 2.45) is 0 Å². The van der Waals surface area contributed by atoms with Crippen LogP contribution in [0.4, 0.5) is 0 Å². The zero-order chi connectivity index (χ0) is 28.1. The number of hydrogen-bond donors (Lipinski definition) is 0. The zero-order valence-corrected chi connectivity index (χ0v) is 20.9. The van der Waals surface area contributed by atoms with Crippen molar-refractivity contribution in [3.05, 3.63) is 70.8 Å². The molecule has 0 amide bonds. The van der Waals surface area contributed by atoms with E-state index in [1.807, 2.05) is 0 Å². The minimum atomic E-state index is -0.550. The number of carbonyl (C=O) groups is 4. The van der Waals surface area contributed by atoms with E-state index in [1.165, 1.54) is 0 Å². The maximum absolute atomic E-state index is 10.8. The van der Waals surface area contributed by atoms with Gasteiger partial charge in [0.25, 0.3) is 0 Å². The Kier molecular flexibility index (Phi) is 20.4. The third kappa shape index (κ3) is 13.0. The summed E-state index contributed by atoms with van der Waals surface area (Å²) in [5, 5.41) is 0. The molecule has 0 aliphatic carbocycles. The van der Waals surface area contributed by atoms with Crippen LogP contribution in [0.1, 0.15) is 41.4 Å². The molecule has 14 nitrogen and oxygen atoms in total. The monoisotopic (exact) mass is 567 g/mol. The molecule has 0 N–H and O–H groups in total. The van der Waals surface area contributed by atoms with Crippen LogP contribution in [0.25, 0.3) is 0 Å². The van der Waals surface area contributed by atoms with E-state index < -0.39 is 23.9 Å². The fourth-order valence-corrected chi connectivity index (χ4v) is 2.22.